The molecule has 2 heterocycles. The fourth-order valence-corrected chi connectivity index (χ4v) is 4.84. The van der Waals surface area contributed by atoms with Crippen molar-refractivity contribution in [1.82, 2.24) is 19.5 Å². The van der Waals surface area contributed by atoms with E-state index in [0.29, 0.717) is 17.3 Å². The van der Waals surface area contributed by atoms with Gasteiger partial charge >= 0.3 is 0 Å². The smallest absolute Gasteiger partial charge is 0.259 e. The van der Waals surface area contributed by atoms with Gasteiger partial charge in [-0.1, -0.05) is 12.8 Å². The second-order valence-corrected chi connectivity index (χ2v) is 7.45. The van der Waals surface area contributed by atoms with Crippen molar-refractivity contribution in [3.05, 3.63) is 29.7 Å². The highest BCUT2D eigenvalue weighted by Gasteiger charge is 2.58. The van der Waals surface area contributed by atoms with Gasteiger partial charge in [-0.15, -0.1) is 0 Å². The monoisotopic (exact) mass is 342 g/mol. The summed E-state index contributed by atoms with van der Waals surface area (Å²) >= 11 is 0. The van der Waals surface area contributed by atoms with Crippen molar-refractivity contribution in [2.24, 2.45) is 5.41 Å². The van der Waals surface area contributed by atoms with Gasteiger partial charge in [0.2, 0.25) is 0 Å². The Balaban J connectivity index is 1.61. The Morgan fingerprint density at radius 3 is 2.92 bits per heavy atom. The van der Waals surface area contributed by atoms with Crippen molar-refractivity contribution in [2.45, 2.75) is 58.1 Å². The second-order valence-electron chi connectivity index (χ2n) is 7.45. The zero-order valence-electron chi connectivity index (χ0n) is 15.2. The molecule has 2 aliphatic rings. The summed E-state index contributed by atoms with van der Waals surface area (Å²) in [4.78, 5) is 19.6. The molecule has 0 aromatic carbocycles. The maximum atomic E-state index is 13.2. The van der Waals surface area contributed by atoms with Crippen molar-refractivity contribution in [2.75, 3.05) is 13.7 Å². The van der Waals surface area contributed by atoms with Gasteiger partial charge in [-0.25, -0.2) is 9.50 Å². The van der Waals surface area contributed by atoms with E-state index < -0.39 is 0 Å². The molecule has 2 aromatic heterocycles. The van der Waals surface area contributed by atoms with Gasteiger partial charge in [0.05, 0.1) is 12.3 Å². The Bertz CT molecular complexity index is 794. The highest BCUT2D eigenvalue weighted by molar-refractivity contribution is 5.99. The minimum absolute atomic E-state index is 0.0133. The molecule has 4 rings (SSSR count). The minimum Gasteiger partial charge on any atom is -0.378 e. The van der Waals surface area contributed by atoms with E-state index in [2.05, 4.69) is 17.0 Å². The van der Waals surface area contributed by atoms with Crippen LogP contribution in [0, 0.1) is 12.3 Å². The molecular weight excluding hydrogens is 316 g/mol. The molecule has 0 N–H and O–H groups in total. The Kier molecular flexibility index (Phi) is 4.02. The standard InChI is InChI=1S/C19H26N4O2/c1-4-25-16-11-15(19(16)8-5-6-9-19)22(3)18(24)14-12-20-23-10-7-13(2)21-17(14)23/h7,10,12,15-16H,4-6,8-9,11H2,1-3H3. The summed E-state index contributed by atoms with van der Waals surface area (Å²) in [7, 11) is 1.93. The number of ether oxygens (including phenoxy) is 1. The largest absolute Gasteiger partial charge is 0.378 e. The molecule has 0 aliphatic heterocycles. The van der Waals surface area contributed by atoms with Gasteiger partial charge < -0.3 is 9.64 Å². The molecule has 6 heteroatoms. The normalized spacial score (nSPS) is 24.6. The van der Waals surface area contributed by atoms with Crippen LogP contribution in [0.3, 0.4) is 0 Å². The van der Waals surface area contributed by atoms with Crippen molar-refractivity contribution in [3.8, 4) is 0 Å². The average molecular weight is 342 g/mol. The summed E-state index contributed by atoms with van der Waals surface area (Å²) in [5.41, 5.74) is 2.25. The SMILES string of the molecule is CCOC1CC(N(C)C(=O)c2cnn3ccc(C)nc23)C12CCCC2. The van der Waals surface area contributed by atoms with Gasteiger partial charge in [-0.3, -0.25) is 4.79 Å². The van der Waals surface area contributed by atoms with E-state index in [9.17, 15) is 4.79 Å². The third kappa shape index (κ3) is 2.46. The number of aryl methyl sites for hydroxylation is 1. The first-order chi connectivity index (χ1) is 12.1. The lowest BCUT2D eigenvalue weighted by Crippen LogP contribution is -2.64. The second kappa shape index (κ2) is 6.09. The number of fused-ring (bicyclic) bond motifs is 1. The molecule has 6 nitrogen and oxygen atoms in total. The summed E-state index contributed by atoms with van der Waals surface area (Å²) in [6, 6.07) is 2.14. The third-order valence-corrected chi connectivity index (χ3v) is 6.17. The van der Waals surface area contributed by atoms with Crippen LogP contribution in [0.2, 0.25) is 0 Å². The van der Waals surface area contributed by atoms with E-state index >= 15 is 0 Å². The van der Waals surface area contributed by atoms with Crippen molar-refractivity contribution >= 4 is 11.6 Å². The molecular formula is C19H26N4O2. The van der Waals surface area contributed by atoms with E-state index in [1.807, 2.05) is 31.1 Å². The van der Waals surface area contributed by atoms with Crippen molar-refractivity contribution < 1.29 is 9.53 Å². The molecule has 0 bridgehead atoms. The fraction of sp³-hybridized carbons (Fsp3) is 0.632. The maximum Gasteiger partial charge on any atom is 0.259 e. The molecule has 2 aromatic rings. The number of carbonyl (C=O) groups excluding carboxylic acids is 1. The van der Waals surface area contributed by atoms with Gasteiger partial charge in [-0.05, 0) is 39.2 Å². The molecule has 2 unspecified atom stereocenters. The molecule has 25 heavy (non-hydrogen) atoms. The molecule has 134 valence electrons. The van der Waals surface area contributed by atoms with Crippen LogP contribution in [-0.4, -0.2) is 51.2 Å². The number of hydrogen-bond donors (Lipinski definition) is 0. The molecule has 1 spiro atoms. The lowest BCUT2D eigenvalue weighted by atomic mass is 9.60. The minimum atomic E-state index is 0.0133. The zero-order valence-corrected chi connectivity index (χ0v) is 15.2. The lowest BCUT2D eigenvalue weighted by molar-refractivity contribution is -0.152. The number of rotatable bonds is 4. The molecule has 2 fully saturated rings. The van der Waals surface area contributed by atoms with E-state index in [1.54, 1.807) is 10.7 Å². The van der Waals surface area contributed by atoms with Crippen LogP contribution >= 0.6 is 0 Å². The van der Waals surface area contributed by atoms with E-state index in [-0.39, 0.29) is 17.4 Å². The van der Waals surface area contributed by atoms with E-state index in [4.69, 9.17) is 4.74 Å². The first-order valence-electron chi connectivity index (χ1n) is 9.26. The van der Waals surface area contributed by atoms with Gasteiger partial charge in [0.15, 0.2) is 5.65 Å². The molecule has 0 radical (unpaired) electrons. The van der Waals surface area contributed by atoms with E-state index in [1.165, 1.54) is 12.8 Å². The van der Waals surface area contributed by atoms with Crippen LogP contribution < -0.4 is 0 Å². The summed E-state index contributed by atoms with van der Waals surface area (Å²) < 4.78 is 7.66. The van der Waals surface area contributed by atoms with Crippen LogP contribution in [0.5, 0.6) is 0 Å². The summed E-state index contributed by atoms with van der Waals surface area (Å²) in [5, 5.41) is 4.28. The summed E-state index contributed by atoms with van der Waals surface area (Å²) in [6.07, 6.45) is 9.51. The maximum absolute atomic E-state index is 13.2. The predicted molar refractivity (Wildman–Crippen MR) is 94.5 cm³/mol. The Labute approximate surface area is 148 Å². The molecule has 1 amide bonds. The van der Waals surface area contributed by atoms with Gasteiger partial charge in [0, 0.05) is 37.0 Å². The van der Waals surface area contributed by atoms with Crippen molar-refractivity contribution in [1.29, 1.82) is 0 Å². The highest BCUT2D eigenvalue weighted by Crippen LogP contribution is 2.56. The number of aromatic nitrogens is 3. The lowest BCUT2D eigenvalue weighted by Gasteiger charge is -2.56. The first-order valence-corrected chi connectivity index (χ1v) is 9.26. The number of hydrogen-bond acceptors (Lipinski definition) is 4. The van der Waals surface area contributed by atoms with E-state index in [0.717, 1.165) is 31.6 Å². The Morgan fingerprint density at radius 1 is 1.44 bits per heavy atom. The number of amides is 1. The molecule has 2 aliphatic carbocycles. The van der Waals surface area contributed by atoms with Gasteiger partial charge in [0.25, 0.3) is 5.91 Å². The number of carbonyl (C=O) groups is 1. The fourth-order valence-electron chi connectivity index (χ4n) is 4.84. The topological polar surface area (TPSA) is 59.7 Å². The molecule has 2 saturated carbocycles. The average Bonchev–Trinajstić information content (AvgIpc) is 3.25. The third-order valence-electron chi connectivity index (χ3n) is 6.17. The predicted octanol–water partition coefficient (Wildman–Crippen LogP) is 2.85. The number of nitrogens with zero attached hydrogens (tertiary/aromatic N) is 4. The highest BCUT2D eigenvalue weighted by atomic mass is 16.5. The van der Waals surface area contributed by atoms with Crippen LogP contribution in [0.25, 0.3) is 5.65 Å². The Morgan fingerprint density at radius 2 is 2.20 bits per heavy atom. The van der Waals surface area contributed by atoms with Gasteiger partial charge in [-0.2, -0.15) is 5.10 Å². The Hall–Kier alpha value is -1.95. The van der Waals surface area contributed by atoms with Gasteiger partial charge in [0.1, 0.15) is 5.56 Å². The summed E-state index contributed by atoms with van der Waals surface area (Å²) in [6.45, 7) is 4.73. The van der Waals surface area contributed by atoms with Crippen LogP contribution in [0.1, 0.15) is 55.1 Å². The molecule has 2 atom stereocenters. The van der Waals surface area contributed by atoms with Crippen LogP contribution in [-0.2, 0) is 4.74 Å². The van der Waals surface area contributed by atoms with Crippen LogP contribution in [0.15, 0.2) is 18.5 Å². The zero-order chi connectivity index (χ0) is 17.6. The van der Waals surface area contributed by atoms with Crippen molar-refractivity contribution in [3.63, 3.8) is 0 Å². The van der Waals surface area contributed by atoms with Crippen LogP contribution in [0.4, 0.5) is 0 Å². The quantitative estimate of drug-likeness (QED) is 0.857. The molecule has 0 saturated heterocycles. The first kappa shape index (κ1) is 16.5. The summed E-state index contributed by atoms with van der Waals surface area (Å²) in [5.74, 6) is 0.0133.